The summed E-state index contributed by atoms with van der Waals surface area (Å²) in [5, 5.41) is -1.07. The Morgan fingerprint density at radius 3 is 2.23 bits per heavy atom. The molecule has 0 amide bonds. The Morgan fingerprint density at radius 1 is 1.23 bits per heavy atom. The lowest BCUT2D eigenvalue weighted by Gasteiger charge is -2.30. The molecular weight excluding hydrogens is 401 g/mol. The lowest BCUT2D eigenvalue weighted by molar-refractivity contribution is -0.137. The van der Waals surface area contributed by atoms with Gasteiger partial charge in [-0.3, -0.25) is 0 Å². The second kappa shape index (κ2) is 7.56. The normalized spacial score (nSPS) is 29.0. The fourth-order valence-corrected chi connectivity index (χ4v) is 11.0. The fourth-order valence-electron chi connectivity index (χ4n) is 3.63. The van der Waals surface area contributed by atoms with Crippen molar-refractivity contribution in [1.29, 1.82) is 0 Å². The highest BCUT2D eigenvalue weighted by molar-refractivity contribution is 6.88. The molecule has 0 radical (unpaired) electrons. The molecule has 1 N–H and O–H groups in total. The van der Waals surface area contributed by atoms with E-state index in [0.29, 0.717) is 18.9 Å². The van der Waals surface area contributed by atoms with Gasteiger partial charge in [0.1, 0.15) is 0 Å². The van der Waals surface area contributed by atoms with Crippen molar-refractivity contribution in [2.24, 2.45) is 0 Å². The van der Waals surface area contributed by atoms with Crippen molar-refractivity contribution in [3.05, 3.63) is 35.4 Å². The van der Waals surface area contributed by atoms with Crippen LogP contribution in [-0.4, -0.2) is 33.1 Å². The standard InChI is InChI=1S/C17H26ClF3O3Si2/c1-5-16(15(26(16,4)22)10-17(19,20)21)24-25(2,3)23-12-14-8-6-13(11-18)7-9-14/h6-9,15,22H,5,10-12H2,1-4H3. The quantitative estimate of drug-likeness (QED) is 0.455. The molecule has 1 aromatic carbocycles. The van der Waals surface area contributed by atoms with Crippen molar-refractivity contribution in [3.8, 4) is 0 Å². The van der Waals surface area contributed by atoms with Crippen molar-refractivity contribution in [3.63, 3.8) is 0 Å². The molecule has 3 atom stereocenters. The van der Waals surface area contributed by atoms with Crippen LogP contribution < -0.4 is 0 Å². The lowest BCUT2D eigenvalue weighted by Crippen LogP contribution is -2.44. The third-order valence-electron chi connectivity index (χ3n) is 5.17. The second-order valence-electron chi connectivity index (χ2n) is 7.50. The van der Waals surface area contributed by atoms with Crippen molar-refractivity contribution in [2.75, 3.05) is 0 Å². The topological polar surface area (TPSA) is 38.7 Å². The summed E-state index contributed by atoms with van der Waals surface area (Å²) in [5.74, 6) is 0.434. The largest absolute Gasteiger partial charge is 0.429 e. The summed E-state index contributed by atoms with van der Waals surface area (Å²) in [6.07, 6.45) is -4.94. The van der Waals surface area contributed by atoms with Gasteiger partial charge in [0, 0.05) is 17.8 Å². The molecule has 3 nitrogen and oxygen atoms in total. The number of hydrogen-bond acceptors (Lipinski definition) is 3. The molecule has 2 rings (SSSR count). The zero-order valence-electron chi connectivity index (χ0n) is 15.5. The second-order valence-corrected chi connectivity index (χ2v) is 14.9. The molecule has 0 bridgehead atoms. The van der Waals surface area contributed by atoms with Crippen LogP contribution >= 0.6 is 11.6 Å². The molecule has 9 heteroatoms. The molecule has 0 saturated carbocycles. The summed E-state index contributed by atoms with van der Waals surface area (Å²) >= 11 is 5.77. The highest BCUT2D eigenvalue weighted by atomic mass is 35.5. The number of benzene rings is 1. The lowest BCUT2D eigenvalue weighted by atomic mass is 10.1. The van der Waals surface area contributed by atoms with E-state index in [0.717, 1.165) is 11.1 Å². The van der Waals surface area contributed by atoms with Crippen molar-refractivity contribution in [1.82, 2.24) is 0 Å². The van der Waals surface area contributed by atoms with Gasteiger partial charge >= 0.3 is 14.7 Å². The average molecular weight is 427 g/mol. The first-order valence-electron chi connectivity index (χ1n) is 8.64. The maximum atomic E-state index is 12.9. The fraction of sp³-hybridized carbons (Fsp3) is 0.647. The summed E-state index contributed by atoms with van der Waals surface area (Å²) in [5.41, 5.74) is 1.11. The molecule has 1 aliphatic heterocycles. The first-order valence-corrected chi connectivity index (χ1v) is 14.5. The van der Waals surface area contributed by atoms with Crippen LogP contribution in [0, 0.1) is 0 Å². The van der Waals surface area contributed by atoms with Gasteiger partial charge in [-0.05, 0) is 37.2 Å². The predicted molar refractivity (Wildman–Crippen MR) is 101 cm³/mol. The minimum atomic E-state index is -4.31. The van der Waals surface area contributed by atoms with Crippen molar-refractivity contribution >= 4 is 28.5 Å². The predicted octanol–water partition coefficient (Wildman–Crippen LogP) is 5.25. The third kappa shape index (κ3) is 4.71. The summed E-state index contributed by atoms with van der Waals surface area (Å²) in [6, 6.07) is 7.64. The molecule has 1 saturated heterocycles. The Bertz CT molecular complexity index is 623. The van der Waals surface area contributed by atoms with Gasteiger partial charge in [0.2, 0.25) is 8.32 Å². The molecule has 148 valence electrons. The van der Waals surface area contributed by atoms with Gasteiger partial charge in [0.05, 0.1) is 11.8 Å². The summed E-state index contributed by atoms with van der Waals surface area (Å²) in [6.45, 7) is 7.26. The molecule has 0 aromatic heterocycles. The molecule has 1 aromatic rings. The SMILES string of the molecule is CCC1(O[Si](C)(C)OCc2ccc(CCl)cc2)C(CC(F)(F)F)[Si]1(C)O. The molecule has 3 unspecified atom stereocenters. The number of alkyl halides is 4. The van der Waals surface area contributed by atoms with Crippen molar-refractivity contribution < 1.29 is 26.8 Å². The van der Waals surface area contributed by atoms with Crippen LogP contribution in [0.1, 0.15) is 30.9 Å². The average Bonchev–Trinajstić information content (AvgIpc) is 2.98. The van der Waals surface area contributed by atoms with Crippen LogP contribution in [0.3, 0.4) is 0 Å². The molecular formula is C17H26ClF3O3Si2. The van der Waals surface area contributed by atoms with Gasteiger partial charge in [-0.25, -0.2) is 0 Å². The van der Waals surface area contributed by atoms with Gasteiger partial charge in [-0.1, -0.05) is 31.2 Å². The van der Waals surface area contributed by atoms with Crippen molar-refractivity contribution in [2.45, 2.75) is 68.8 Å². The van der Waals surface area contributed by atoms with E-state index in [2.05, 4.69) is 0 Å². The zero-order chi connectivity index (χ0) is 19.8. The Balaban J connectivity index is 2.03. The van der Waals surface area contributed by atoms with E-state index < -0.39 is 40.2 Å². The first-order chi connectivity index (χ1) is 11.9. The van der Waals surface area contributed by atoms with Gasteiger partial charge in [-0.15, -0.1) is 11.6 Å². The highest BCUT2D eigenvalue weighted by Gasteiger charge is 2.78. The molecule has 0 spiro atoms. The van der Waals surface area contributed by atoms with Gasteiger partial charge in [0.15, 0.2) is 0 Å². The molecule has 0 aliphatic carbocycles. The first kappa shape index (κ1) is 21.9. The Kier molecular flexibility index (Phi) is 6.37. The molecule has 1 heterocycles. The Morgan fingerprint density at radius 2 is 1.77 bits per heavy atom. The van der Waals surface area contributed by atoms with Gasteiger partial charge in [-0.2, -0.15) is 13.2 Å². The Hall–Kier alpha value is -0.386. The van der Waals surface area contributed by atoms with E-state index in [4.69, 9.17) is 20.5 Å². The van der Waals surface area contributed by atoms with E-state index in [1.165, 1.54) is 0 Å². The summed E-state index contributed by atoms with van der Waals surface area (Å²) < 4.78 is 50.7. The van der Waals surface area contributed by atoms with E-state index in [1.807, 2.05) is 37.4 Å². The molecule has 1 aliphatic rings. The highest BCUT2D eigenvalue weighted by Crippen LogP contribution is 2.64. The van der Waals surface area contributed by atoms with Crippen LogP contribution in [-0.2, 0) is 21.3 Å². The summed E-state index contributed by atoms with van der Waals surface area (Å²) in [7, 11) is -5.84. The maximum Gasteiger partial charge on any atom is 0.389 e. The van der Waals surface area contributed by atoms with Crippen LogP contribution in [0.25, 0.3) is 0 Å². The van der Waals surface area contributed by atoms with Crippen LogP contribution in [0.4, 0.5) is 13.2 Å². The third-order valence-corrected chi connectivity index (χ3v) is 11.6. The van der Waals surface area contributed by atoms with E-state index in [9.17, 15) is 18.0 Å². The van der Waals surface area contributed by atoms with Gasteiger partial charge in [0.25, 0.3) is 0 Å². The van der Waals surface area contributed by atoms with E-state index in [1.54, 1.807) is 13.5 Å². The molecule has 1 fully saturated rings. The monoisotopic (exact) mass is 426 g/mol. The van der Waals surface area contributed by atoms with E-state index >= 15 is 0 Å². The maximum absolute atomic E-state index is 12.9. The van der Waals surface area contributed by atoms with Crippen LogP contribution in [0.2, 0.25) is 25.2 Å². The number of halogens is 4. The number of hydrogen-bond donors (Lipinski definition) is 1. The summed E-state index contributed by atoms with van der Waals surface area (Å²) in [4.78, 5) is 10.6. The minimum Gasteiger partial charge on any atom is -0.429 e. The minimum absolute atomic E-state index is 0.315. The number of rotatable bonds is 8. The smallest absolute Gasteiger partial charge is 0.389 e. The van der Waals surface area contributed by atoms with Gasteiger partial charge < -0.3 is 13.6 Å². The van der Waals surface area contributed by atoms with Crippen LogP contribution in [0.5, 0.6) is 0 Å². The van der Waals surface area contributed by atoms with E-state index in [-0.39, 0.29) is 0 Å². The van der Waals surface area contributed by atoms with Crippen LogP contribution in [0.15, 0.2) is 24.3 Å². The molecule has 26 heavy (non-hydrogen) atoms. The Labute approximate surface area is 159 Å². The zero-order valence-corrected chi connectivity index (χ0v) is 18.2.